The van der Waals surface area contributed by atoms with Crippen LogP contribution in [-0.4, -0.2) is 34.9 Å². The maximum absolute atomic E-state index is 13.1. The third-order valence-corrected chi connectivity index (χ3v) is 3.72. The third kappa shape index (κ3) is 3.91. The van der Waals surface area contributed by atoms with Gasteiger partial charge >= 0.3 is 6.18 Å². The largest absolute Gasteiger partial charge is 0.418 e. The van der Waals surface area contributed by atoms with E-state index in [4.69, 9.17) is 0 Å². The van der Waals surface area contributed by atoms with Crippen molar-refractivity contribution in [1.29, 1.82) is 0 Å². The average Bonchev–Trinajstić information content (AvgIpc) is 2.94. The van der Waals surface area contributed by atoms with Gasteiger partial charge in [-0.3, -0.25) is 14.9 Å². The highest BCUT2D eigenvalue weighted by atomic mass is 19.4. The van der Waals surface area contributed by atoms with Crippen molar-refractivity contribution < 1.29 is 22.9 Å². The molecule has 1 aliphatic rings. The van der Waals surface area contributed by atoms with E-state index in [1.807, 2.05) is 0 Å². The number of halogens is 3. The molecule has 23 heavy (non-hydrogen) atoms. The van der Waals surface area contributed by atoms with Crippen molar-refractivity contribution in [1.82, 2.24) is 4.90 Å². The summed E-state index contributed by atoms with van der Waals surface area (Å²) in [6, 6.07) is 2.30. The molecule has 1 aromatic rings. The van der Waals surface area contributed by atoms with E-state index in [9.17, 15) is 28.1 Å². The van der Waals surface area contributed by atoms with Crippen molar-refractivity contribution in [2.75, 3.05) is 18.4 Å². The summed E-state index contributed by atoms with van der Waals surface area (Å²) >= 11 is 0. The van der Waals surface area contributed by atoms with E-state index in [2.05, 4.69) is 5.32 Å². The third-order valence-electron chi connectivity index (χ3n) is 3.72. The predicted molar refractivity (Wildman–Crippen MR) is 77.0 cm³/mol. The van der Waals surface area contributed by atoms with Gasteiger partial charge in [0.15, 0.2) is 0 Å². The Morgan fingerprint density at radius 3 is 2.74 bits per heavy atom. The molecule has 126 valence electrons. The number of rotatable bonds is 4. The highest BCUT2D eigenvalue weighted by molar-refractivity contribution is 5.76. The number of hydrogen-bond donors (Lipinski definition) is 1. The first-order valence-electron chi connectivity index (χ1n) is 7.12. The van der Waals surface area contributed by atoms with E-state index in [0.29, 0.717) is 32.0 Å². The second-order valence-corrected chi connectivity index (χ2v) is 5.31. The fourth-order valence-corrected chi connectivity index (χ4v) is 2.55. The minimum Gasteiger partial charge on any atom is -0.380 e. The van der Waals surface area contributed by atoms with Crippen molar-refractivity contribution in [3.05, 3.63) is 33.9 Å². The van der Waals surface area contributed by atoms with Gasteiger partial charge in [-0.1, -0.05) is 6.92 Å². The van der Waals surface area contributed by atoms with Crippen LogP contribution in [0.15, 0.2) is 18.2 Å². The lowest BCUT2D eigenvalue weighted by Crippen LogP contribution is -2.31. The number of hydrogen-bond acceptors (Lipinski definition) is 4. The van der Waals surface area contributed by atoms with Crippen LogP contribution in [0.25, 0.3) is 0 Å². The number of non-ortho nitro benzene ring substituents is 1. The van der Waals surface area contributed by atoms with Crippen molar-refractivity contribution in [2.24, 2.45) is 0 Å². The number of likely N-dealkylation sites (tertiary alicyclic amines) is 1. The zero-order chi connectivity index (χ0) is 17.2. The minimum absolute atomic E-state index is 0.0472. The molecule has 1 aliphatic heterocycles. The maximum Gasteiger partial charge on any atom is 0.418 e. The lowest BCUT2D eigenvalue weighted by atomic mass is 10.1. The summed E-state index contributed by atoms with van der Waals surface area (Å²) in [5.74, 6) is -0.0472. The first kappa shape index (κ1) is 17.0. The van der Waals surface area contributed by atoms with E-state index in [1.54, 1.807) is 11.8 Å². The number of benzene rings is 1. The molecule has 2 rings (SSSR count). The summed E-state index contributed by atoms with van der Waals surface area (Å²) in [6.45, 7) is 2.53. The normalized spacial score (nSPS) is 18.1. The minimum atomic E-state index is -4.70. The number of nitro benzene ring substituents is 1. The van der Waals surface area contributed by atoms with Crippen LogP contribution in [0.4, 0.5) is 24.5 Å². The van der Waals surface area contributed by atoms with Gasteiger partial charge in [0.2, 0.25) is 5.91 Å². The van der Waals surface area contributed by atoms with Gasteiger partial charge in [-0.05, 0) is 12.5 Å². The molecule has 1 N–H and O–H groups in total. The fraction of sp³-hybridized carbons (Fsp3) is 0.500. The first-order chi connectivity index (χ1) is 10.7. The number of carbonyl (C=O) groups is 1. The van der Waals surface area contributed by atoms with Crippen LogP contribution in [0.5, 0.6) is 0 Å². The van der Waals surface area contributed by atoms with Crippen LogP contribution < -0.4 is 5.32 Å². The van der Waals surface area contributed by atoms with Gasteiger partial charge in [0.1, 0.15) is 0 Å². The number of nitro groups is 1. The molecule has 1 unspecified atom stereocenters. The van der Waals surface area contributed by atoms with Crippen LogP contribution in [0.1, 0.15) is 25.3 Å². The lowest BCUT2D eigenvalue weighted by Gasteiger charge is -2.19. The Labute approximate surface area is 130 Å². The molecule has 0 spiro atoms. The molecule has 1 atom stereocenters. The zero-order valence-corrected chi connectivity index (χ0v) is 12.4. The van der Waals surface area contributed by atoms with Crippen molar-refractivity contribution in [3.63, 3.8) is 0 Å². The Morgan fingerprint density at radius 2 is 2.17 bits per heavy atom. The molecular formula is C14H16F3N3O3. The maximum atomic E-state index is 13.1. The van der Waals surface area contributed by atoms with Gasteiger partial charge in [-0.25, -0.2) is 0 Å². The van der Waals surface area contributed by atoms with E-state index in [0.717, 1.165) is 12.1 Å². The van der Waals surface area contributed by atoms with Crippen LogP contribution in [0, 0.1) is 10.1 Å². The summed E-state index contributed by atoms with van der Waals surface area (Å²) in [4.78, 5) is 23.0. The fourth-order valence-electron chi connectivity index (χ4n) is 2.55. The standard InChI is InChI=1S/C14H16F3N3O3/c1-2-13(21)19-6-5-9(8-19)18-12-4-3-10(20(22)23)7-11(12)14(15,16)17/h3-4,7,9,18H,2,5-6,8H2,1H3. The number of alkyl halides is 3. The van der Waals surface area contributed by atoms with Crippen LogP contribution in [-0.2, 0) is 11.0 Å². The number of nitrogens with zero attached hydrogens (tertiary/aromatic N) is 2. The second kappa shape index (κ2) is 6.43. The molecule has 0 aliphatic carbocycles. The molecule has 1 amide bonds. The quantitative estimate of drug-likeness (QED) is 0.680. The number of nitrogens with one attached hydrogen (secondary N) is 1. The molecule has 1 heterocycles. The SMILES string of the molecule is CCC(=O)N1CCC(Nc2ccc([N+](=O)[O-])cc2C(F)(F)F)C1. The molecule has 0 radical (unpaired) electrons. The number of anilines is 1. The summed E-state index contributed by atoms with van der Waals surface area (Å²) < 4.78 is 39.3. The van der Waals surface area contributed by atoms with Crippen molar-refractivity contribution in [2.45, 2.75) is 32.0 Å². The van der Waals surface area contributed by atoms with E-state index >= 15 is 0 Å². The van der Waals surface area contributed by atoms with Gasteiger partial charge < -0.3 is 10.2 Å². The summed E-state index contributed by atoms with van der Waals surface area (Å²) in [6.07, 6.45) is -3.83. The smallest absolute Gasteiger partial charge is 0.380 e. The van der Waals surface area contributed by atoms with Crippen LogP contribution >= 0.6 is 0 Å². The zero-order valence-electron chi connectivity index (χ0n) is 12.4. The van der Waals surface area contributed by atoms with Gasteiger partial charge in [0, 0.05) is 43.4 Å². The van der Waals surface area contributed by atoms with E-state index < -0.39 is 22.4 Å². The Morgan fingerprint density at radius 1 is 1.48 bits per heavy atom. The van der Waals surface area contributed by atoms with Crippen LogP contribution in [0.2, 0.25) is 0 Å². The van der Waals surface area contributed by atoms with Crippen molar-refractivity contribution >= 4 is 17.3 Å². The molecular weight excluding hydrogens is 315 g/mol. The molecule has 0 bridgehead atoms. The van der Waals surface area contributed by atoms with Gasteiger partial charge in [0.05, 0.1) is 10.5 Å². The summed E-state index contributed by atoms with van der Waals surface area (Å²) in [5.41, 5.74) is -1.90. The second-order valence-electron chi connectivity index (χ2n) is 5.31. The average molecular weight is 331 g/mol. The Balaban J connectivity index is 2.20. The molecule has 1 aromatic carbocycles. The molecule has 1 fully saturated rings. The van der Waals surface area contributed by atoms with Crippen LogP contribution in [0.3, 0.4) is 0 Å². The predicted octanol–water partition coefficient (Wildman–Crippen LogP) is 3.04. The summed E-state index contributed by atoms with van der Waals surface area (Å²) in [5, 5.41) is 13.4. The molecule has 0 aromatic heterocycles. The Kier molecular flexibility index (Phi) is 4.76. The lowest BCUT2D eigenvalue weighted by molar-refractivity contribution is -0.385. The highest BCUT2D eigenvalue weighted by Crippen LogP contribution is 2.37. The number of amides is 1. The van der Waals surface area contributed by atoms with E-state index in [1.165, 1.54) is 0 Å². The van der Waals surface area contributed by atoms with Gasteiger partial charge in [0.25, 0.3) is 5.69 Å². The van der Waals surface area contributed by atoms with Gasteiger partial charge in [-0.15, -0.1) is 0 Å². The Bertz CT molecular complexity index is 619. The van der Waals surface area contributed by atoms with Crippen molar-refractivity contribution in [3.8, 4) is 0 Å². The Hall–Kier alpha value is -2.32. The topological polar surface area (TPSA) is 75.5 Å². The molecule has 6 nitrogen and oxygen atoms in total. The highest BCUT2D eigenvalue weighted by Gasteiger charge is 2.36. The van der Waals surface area contributed by atoms with Gasteiger partial charge in [-0.2, -0.15) is 13.2 Å². The molecule has 9 heteroatoms. The summed E-state index contributed by atoms with van der Waals surface area (Å²) in [7, 11) is 0. The molecule has 0 saturated carbocycles. The monoisotopic (exact) mass is 331 g/mol. The van der Waals surface area contributed by atoms with E-state index in [-0.39, 0.29) is 17.6 Å². The first-order valence-corrected chi connectivity index (χ1v) is 7.12. The molecule has 1 saturated heterocycles. The number of carbonyl (C=O) groups excluding carboxylic acids is 1.